The van der Waals surface area contributed by atoms with E-state index >= 15 is 0 Å². The van der Waals surface area contributed by atoms with E-state index in [4.69, 9.17) is 4.74 Å². The summed E-state index contributed by atoms with van der Waals surface area (Å²) in [4.78, 5) is 14.3. The highest BCUT2D eigenvalue weighted by atomic mass is 79.9. The summed E-state index contributed by atoms with van der Waals surface area (Å²) >= 11 is 5.24. The minimum absolute atomic E-state index is 0.320. The van der Waals surface area contributed by atoms with Crippen LogP contribution >= 0.6 is 27.3 Å². The largest absolute Gasteiger partial charge is 0.465 e. The maximum atomic E-state index is 11.8. The highest BCUT2D eigenvalue weighted by molar-refractivity contribution is 9.10. The van der Waals surface area contributed by atoms with E-state index in [1.807, 2.05) is 25.1 Å². The van der Waals surface area contributed by atoms with Gasteiger partial charge in [-0.05, 0) is 48.0 Å². The number of ether oxygens (including phenoxy) is 1. The first-order valence-corrected chi connectivity index (χ1v) is 7.80. The van der Waals surface area contributed by atoms with Gasteiger partial charge >= 0.3 is 5.97 Å². The lowest BCUT2D eigenvalue weighted by atomic mass is 10.1. The minimum Gasteiger partial charge on any atom is -0.465 e. The summed E-state index contributed by atoms with van der Waals surface area (Å²) < 4.78 is 5.95. The fraction of sp³-hybridized carbons (Fsp3) is 0.267. The van der Waals surface area contributed by atoms with E-state index in [9.17, 15) is 4.79 Å². The van der Waals surface area contributed by atoms with E-state index in [1.165, 1.54) is 16.9 Å². The Labute approximate surface area is 131 Å². The molecule has 1 aromatic heterocycles. The fourth-order valence-corrected chi connectivity index (χ4v) is 3.42. The molecular weight excluding hydrogens is 338 g/mol. The zero-order valence-electron chi connectivity index (χ0n) is 11.6. The number of rotatable bonds is 4. The van der Waals surface area contributed by atoms with Gasteiger partial charge in [-0.25, -0.2) is 4.79 Å². The summed E-state index contributed by atoms with van der Waals surface area (Å²) in [7, 11) is 1.40. The van der Waals surface area contributed by atoms with Crippen molar-refractivity contribution in [1.82, 2.24) is 0 Å². The van der Waals surface area contributed by atoms with E-state index in [2.05, 4.69) is 34.2 Å². The quantitative estimate of drug-likeness (QED) is 0.820. The lowest BCUT2D eigenvalue weighted by molar-refractivity contribution is 0.0601. The molecule has 0 bridgehead atoms. The molecule has 20 heavy (non-hydrogen) atoms. The highest BCUT2D eigenvalue weighted by Crippen LogP contribution is 2.27. The van der Waals surface area contributed by atoms with Crippen molar-refractivity contribution in [3.8, 4) is 0 Å². The number of halogens is 1. The molecule has 0 unspecified atom stereocenters. The minimum atomic E-state index is -0.320. The van der Waals surface area contributed by atoms with Gasteiger partial charge in [0, 0.05) is 26.5 Å². The normalized spacial score (nSPS) is 10.4. The molecule has 0 spiro atoms. The molecule has 106 valence electrons. The van der Waals surface area contributed by atoms with Crippen LogP contribution in [0.1, 0.15) is 25.7 Å². The molecule has 1 heterocycles. The van der Waals surface area contributed by atoms with E-state index in [0.29, 0.717) is 12.1 Å². The summed E-state index contributed by atoms with van der Waals surface area (Å²) in [6.07, 6.45) is 0. The first kappa shape index (κ1) is 15.1. The highest BCUT2D eigenvalue weighted by Gasteiger charge is 2.12. The van der Waals surface area contributed by atoms with Gasteiger partial charge < -0.3 is 10.1 Å². The number of thiophene rings is 1. The molecular formula is C15H16BrNO2S. The van der Waals surface area contributed by atoms with Crippen LogP contribution in [0.25, 0.3) is 0 Å². The van der Waals surface area contributed by atoms with Gasteiger partial charge in [0.15, 0.2) is 0 Å². The van der Waals surface area contributed by atoms with Gasteiger partial charge in [0.25, 0.3) is 0 Å². The van der Waals surface area contributed by atoms with Crippen molar-refractivity contribution < 1.29 is 9.53 Å². The maximum Gasteiger partial charge on any atom is 0.339 e. The Balaban J connectivity index is 2.18. The number of carbonyl (C=O) groups excluding carboxylic acids is 1. The second-order valence-corrected chi connectivity index (χ2v) is 6.71. The molecule has 0 amide bonds. The van der Waals surface area contributed by atoms with Crippen LogP contribution < -0.4 is 5.32 Å². The van der Waals surface area contributed by atoms with Gasteiger partial charge in [0.05, 0.1) is 12.7 Å². The van der Waals surface area contributed by atoms with E-state index in [1.54, 1.807) is 11.3 Å². The van der Waals surface area contributed by atoms with Crippen molar-refractivity contribution in [2.75, 3.05) is 12.4 Å². The van der Waals surface area contributed by atoms with Crippen LogP contribution in [0.15, 0.2) is 28.7 Å². The number of benzene rings is 1. The number of hydrogen-bond acceptors (Lipinski definition) is 4. The Hall–Kier alpha value is -1.33. The van der Waals surface area contributed by atoms with Crippen molar-refractivity contribution in [2.45, 2.75) is 20.4 Å². The molecule has 3 nitrogen and oxygen atoms in total. The summed E-state index contributed by atoms with van der Waals surface area (Å²) in [6, 6.07) is 7.82. The number of nitrogens with one attached hydrogen (secondary N) is 1. The number of anilines is 1. The van der Waals surface area contributed by atoms with Gasteiger partial charge in [-0.3, -0.25) is 0 Å². The number of carbonyl (C=O) groups is 1. The molecule has 0 radical (unpaired) electrons. The summed E-state index contributed by atoms with van der Waals surface area (Å²) in [5, 5.41) is 3.30. The molecule has 0 saturated heterocycles. The predicted molar refractivity (Wildman–Crippen MR) is 86.6 cm³/mol. The smallest absolute Gasteiger partial charge is 0.339 e. The standard InChI is InChI=1S/C15H16BrNO2S/c1-9-4-5-14(12(6-9)15(18)19-3)17-8-11-7-13(16)10(2)20-11/h4-7,17H,8H2,1-3H3. The molecule has 1 N–H and O–H groups in total. The van der Waals surface area contributed by atoms with Crippen molar-refractivity contribution in [3.63, 3.8) is 0 Å². The first-order chi connectivity index (χ1) is 9.51. The van der Waals surface area contributed by atoms with Crippen LogP contribution in [-0.4, -0.2) is 13.1 Å². The van der Waals surface area contributed by atoms with Gasteiger partial charge in [0.1, 0.15) is 0 Å². The molecule has 2 rings (SSSR count). The Morgan fingerprint density at radius 3 is 2.70 bits per heavy atom. The predicted octanol–water partition coefficient (Wildman–Crippen LogP) is 4.53. The second kappa shape index (κ2) is 6.41. The summed E-state index contributed by atoms with van der Waals surface area (Å²) in [5.41, 5.74) is 2.40. The van der Waals surface area contributed by atoms with E-state index in [-0.39, 0.29) is 5.97 Å². The molecule has 0 atom stereocenters. The van der Waals surface area contributed by atoms with Gasteiger partial charge in [-0.2, -0.15) is 0 Å². The average molecular weight is 354 g/mol. The van der Waals surface area contributed by atoms with Crippen LogP contribution in [0, 0.1) is 13.8 Å². The van der Waals surface area contributed by atoms with Crippen LogP contribution in [-0.2, 0) is 11.3 Å². The summed E-state index contributed by atoms with van der Waals surface area (Å²) in [5.74, 6) is -0.320. The molecule has 0 aliphatic rings. The Morgan fingerprint density at radius 1 is 1.35 bits per heavy atom. The van der Waals surface area contributed by atoms with Gasteiger partial charge in [-0.15, -0.1) is 11.3 Å². The van der Waals surface area contributed by atoms with Crippen molar-refractivity contribution in [2.24, 2.45) is 0 Å². The Bertz CT molecular complexity index is 617. The molecule has 2 aromatic rings. The third-order valence-electron chi connectivity index (χ3n) is 2.94. The zero-order valence-corrected chi connectivity index (χ0v) is 14.0. The molecule has 0 aliphatic carbocycles. The van der Waals surface area contributed by atoms with E-state index < -0.39 is 0 Å². The molecule has 0 fully saturated rings. The van der Waals surface area contributed by atoms with E-state index in [0.717, 1.165) is 15.7 Å². The molecule has 5 heteroatoms. The Morgan fingerprint density at radius 2 is 2.10 bits per heavy atom. The number of hydrogen-bond donors (Lipinski definition) is 1. The Kier molecular flexibility index (Phi) is 4.83. The molecule has 1 aromatic carbocycles. The lowest BCUT2D eigenvalue weighted by Crippen LogP contribution is -2.08. The van der Waals surface area contributed by atoms with Gasteiger partial charge in [0.2, 0.25) is 0 Å². The number of aryl methyl sites for hydroxylation is 2. The zero-order chi connectivity index (χ0) is 14.7. The average Bonchev–Trinajstić information content (AvgIpc) is 2.75. The van der Waals surface area contributed by atoms with Crippen LogP contribution in [0.5, 0.6) is 0 Å². The number of methoxy groups -OCH3 is 1. The van der Waals surface area contributed by atoms with Crippen molar-refractivity contribution >= 4 is 38.9 Å². The van der Waals surface area contributed by atoms with Crippen molar-refractivity contribution in [1.29, 1.82) is 0 Å². The van der Waals surface area contributed by atoms with Crippen molar-refractivity contribution in [3.05, 3.63) is 49.6 Å². The topological polar surface area (TPSA) is 38.3 Å². The lowest BCUT2D eigenvalue weighted by Gasteiger charge is -2.10. The SMILES string of the molecule is COC(=O)c1cc(C)ccc1NCc1cc(Br)c(C)s1. The summed E-state index contributed by atoms with van der Waals surface area (Å²) in [6.45, 7) is 4.71. The maximum absolute atomic E-state index is 11.8. The third-order valence-corrected chi connectivity index (χ3v) is 5.08. The third kappa shape index (κ3) is 3.41. The van der Waals surface area contributed by atoms with Crippen LogP contribution in [0.3, 0.4) is 0 Å². The van der Waals surface area contributed by atoms with Crippen LogP contribution in [0.2, 0.25) is 0 Å². The fourth-order valence-electron chi connectivity index (χ4n) is 1.88. The van der Waals surface area contributed by atoms with Crippen LogP contribution in [0.4, 0.5) is 5.69 Å². The monoisotopic (exact) mass is 353 g/mol. The second-order valence-electron chi connectivity index (χ2n) is 4.51. The van der Waals surface area contributed by atoms with Gasteiger partial charge in [-0.1, -0.05) is 11.6 Å². The molecule has 0 aliphatic heterocycles. The first-order valence-electron chi connectivity index (χ1n) is 6.19. The molecule has 0 saturated carbocycles. The number of esters is 1.